The van der Waals surface area contributed by atoms with Gasteiger partial charge in [0.15, 0.2) is 0 Å². The molecule has 2 aliphatic carbocycles. The summed E-state index contributed by atoms with van der Waals surface area (Å²) in [6.07, 6.45) is 17.9. The number of hydrogen-bond donors (Lipinski definition) is 1. The highest BCUT2D eigenvalue weighted by atomic mass is 16.3. The maximum Gasteiger partial charge on any atom is 0.0974 e. The van der Waals surface area contributed by atoms with E-state index in [1.165, 1.54) is 44.1 Å². The minimum absolute atomic E-state index is 0.0238. The van der Waals surface area contributed by atoms with Crippen LogP contribution in [0.25, 0.3) is 6.08 Å². The van der Waals surface area contributed by atoms with E-state index in [0.29, 0.717) is 5.41 Å². The molecule has 0 radical (unpaired) electrons. The van der Waals surface area contributed by atoms with E-state index < -0.39 is 0 Å². The van der Waals surface area contributed by atoms with Crippen molar-refractivity contribution in [2.24, 2.45) is 11.3 Å². The Morgan fingerprint density at radius 1 is 1.11 bits per heavy atom. The molecule has 0 aromatic carbocycles. The third kappa shape index (κ3) is 3.11. The van der Waals surface area contributed by atoms with E-state index >= 15 is 0 Å². The molecular formula is C17H24O2. The summed E-state index contributed by atoms with van der Waals surface area (Å²) < 4.78 is 5.08. The first-order chi connectivity index (χ1) is 9.26. The molecule has 0 saturated heterocycles. The van der Waals surface area contributed by atoms with Crippen molar-refractivity contribution < 1.29 is 9.52 Å². The predicted molar refractivity (Wildman–Crippen MR) is 76.6 cm³/mol. The molecule has 3 rings (SSSR count). The fourth-order valence-electron chi connectivity index (χ4n) is 3.78. The van der Waals surface area contributed by atoms with Gasteiger partial charge in [-0.1, -0.05) is 12.2 Å². The van der Waals surface area contributed by atoms with Gasteiger partial charge in [0.25, 0.3) is 0 Å². The number of aliphatic hydroxyl groups is 1. The highest BCUT2D eigenvalue weighted by Crippen LogP contribution is 2.49. The summed E-state index contributed by atoms with van der Waals surface area (Å²) in [5.74, 6) is 0.729. The van der Waals surface area contributed by atoms with Crippen LogP contribution in [0, 0.1) is 11.3 Å². The molecule has 2 fully saturated rings. The monoisotopic (exact) mass is 260 g/mol. The second kappa shape index (κ2) is 5.54. The molecule has 1 aromatic rings. The summed E-state index contributed by atoms with van der Waals surface area (Å²) >= 11 is 0. The molecule has 0 bridgehead atoms. The molecule has 1 N–H and O–H groups in total. The molecule has 19 heavy (non-hydrogen) atoms. The first-order valence-electron chi connectivity index (χ1n) is 7.64. The molecule has 2 aliphatic rings. The Kier molecular flexibility index (Phi) is 3.79. The van der Waals surface area contributed by atoms with E-state index in [1.54, 1.807) is 12.5 Å². The number of hydrogen-bond acceptors (Lipinski definition) is 2. The molecule has 1 aromatic heterocycles. The minimum Gasteiger partial charge on any atom is -0.472 e. The van der Waals surface area contributed by atoms with Crippen LogP contribution >= 0.6 is 0 Å². The highest BCUT2D eigenvalue weighted by molar-refractivity contribution is 5.47. The fraction of sp³-hybridized carbons (Fsp3) is 0.647. The Balaban J connectivity index is 1.52. The normalized spacial score (nSPS) is 36.1. The van der Waals surface area contributed by atoms with Crippen molar-refractivity contribution in [2.45, 2.75) is 57.5 Å². The summed E-state index contributed by atoms with van der Waals surface area (Å²) in [4.78, 5) is 0. The Labute approximate surface area is 115 Å². The van der Waals surface area contributed by atoms with Gasteiger partial charge in [-0.25, -0.2) is 0 Å². The topological polar surface area (TPSA) is 33.4 Å². The lowest BCUT2D eigenvalue weighted by Gasteiger charge is -2.43. The molecule has 104 valence electrons. The number of allylic oxidation sites excluding steroid dienone is 1. The van der Waals surface area contributed by atoms with Crippen molar-refractivity contribution >= 4 is 6.08 Å². The van der Waals surface area contributed by atoms with Gasteiger partial charge in [-0.3, -0.25) is 0 Å². The highest BCUT2D eigenvalue weighted by Gasteiger charge is 2.37. The van der Waals surface area contributed by atoms with Crippen LogP contribution in [0.1, 0.15) is 56.9 Å². The van der Waals surface area contributed by atoms with Gasteiger partial charge in [-0.2, -0.15) is 0 Å². The molecule has 0 atom stereocenters. The third-order valence-corrected chi connectivity index (χ3v) is 5.21. The number of aliphatic hydroxyl groups excluding tert-OH is 1. The molecule has 1 spiro atoms. The molecule has 2 saturated carbocycles. The lowest BCUT2D eigenvalue weighted by Crippen LogP contribution is -2.33. The van der Waals surface area contributed by atoms with Crippen LogP contribution in [-0.2, 0) is 0 Å². The van der Waals surface area contributed by atoms with Gasteiger partial charge in [0.05, 0.1) is 18.6 Å². The van der Waals surface area contributed by atoms with Crippen molar-refractivity contribution in [1.82, 2.24) is 0 Å². The Bertz CT molecular complexity index is 400. The summed E-state index contributed by atoms with van der Waals surface area (Å²) in [6, 6.07) is 2.00. The van der Waals surface area contributed by atoms with E-state index in [9.17, 15) is 5.11 Å². The third-order valence-electron chi connectivity index (χ3n) is 5.21. The molecule has 0 aliphatic heterocycles. The van der Waals surface area contributed by atoms with Gasteiger partial charge in [0, 0.05) is 5.56 Å². The van der Waals surface area contributed by atoms with E-state index in [-0.39, 0.29) is 6.10 Å². The second-order valence-electron chi connectivity index (χ2n) is 6.48. The summed E-state index contributed by atoms with van der Waals surface area (Å²) in [5.41, 5.74) is 1.74. The summed E-state index contributed by atoms with van der Waals surface area (Å²) in [5, 5.41) is 9.64. The van der Waals surface area contributed by atoms with E-state index in [4.69, 9.17) is 4.42 Å². The van der Waals surface area contributed by atoms with Crippen molar-refractivity contribution in [3.8, 4) is 0 Å². The van der Waals surface area contributed by atoms with Crippen molar-refractivity contribution in [2.75, 3.05) is 0 Å². The smallest absolute Gasteiger partial charge is 0.0974 e. The van der Waals surface area contributed by atoms with Crippen molar-refractivity contribution in [1.29, 1.82) is 0 Å². The van der Waals surface area contributed by atoms with E-state index in [2.05, 4.69) is 12.2 Å². The lowest BCUT2D eigenvalue weighted by atomic mass is 9.63. The van der Waals surface area contributed by atoms with Gasteiger partial charge in [-0.05, 0) is 68.8 Å². The standard InChI is InChI=1S/C17H24O2/c18-16-5-10-17(11-6-16)8-3-14(4-9-17)1-2-15-7-12-19-13-15/h1-2,7,12-14,16,18H,3-6,8-11H2/b2-1-. The average molecular weight is 260 g/mol. The molecule has 0 amide bonds. The predicted octanol–water partition coefficient (Wildman–Crippen LogP) is 4.40. The van der Waals surface area contributed by atoms with Gasteiger partial charge in [0.1, 0.15) is 0 Å². The first kappa shape index (κ1) is 13.0. The van der Waals surface area contributed by atoms with Crippen molar-refractivity contribution in [3.05, 3.63) is 30.2 Å². The summed E-state index contributed by atoms with van der Waals surface area (Å²) in [7, 11) is 0. The maximum atomic E-state index is 9.64. The largest absolute Gasteiger partial charge is 0.472 e. The van der Waals surface area contributed by atoms with Crippen LogP contribution in [-0.4, -0.2) is 11.2 Å². The lowest BCUT2D eigenvalue weighted by molar-refractivity contribution is 0.0336. The van der Waals surface area contributed by atoms with Crippen LogP contribution < -0.4 is 0 Å². The minimum atomic E-state index is -0.0238. The number of rotatable bonds is 2. The zero-order valence-corrected chi connectivity index (χ0v) is 11.6. The molecule has 2 nitrogen and oxygen atoms in total. The van der Waals surface area contributed by atoms with Crippen LogP contribution in [0.15, 0.2) is 29.1 Å². The van der Waals surface area contributed by atoms with E-state index in [0.717, 1.165) is 18.8 Å². The molecule has 1 heterocycles. The molecule has 2 heteroatoms. The van der Waals surface area contributed by atoms with Crippen LogP contribution in [0.5, 0.6) is 0 Å². The van der Waals surface area contributed by atoms with Gasteiger partial charge >= 0.3 is 0 Å². The van der Waals surface area contributed by atoms with Crippen molar-refractivity contribution in [3.63, 3.8) is 0 Å². The fourth-order valence-corrected chi connectivity index (χ4v) is 3.78. The second-order valence-corrected chi connectivity index (χ2v) is 6.48. The average Bonchev–Trinajstić information content (AvgIpc) is 2.95. The first-order valence-corrected chi connectivity index (χ1v) is 7.64. The van der Waals surface area contributed by atoms with Crippen LogP contribution in [0.3, 0.4) is 0 Å². The summed E-state index contributed by atoms with van der Waals surface area (Å²) in [6.45, 7) is 0. The maximum absolute atomic E-state index is 9.64. The quantitative estimate of drug-likeness (QED) is 0.854. The van der Waals surface area contributed by atoms with Gasteiger partial charge in [-0.15, -0.1) is 0 Å². The van der Waals surface area contributed by atoms with Gasteiger partial charge < -0.3 is 9.52 Å². The zero-order valence-electron chi connectivity index (χ0n) is 11.6. The van der Waals surface area contributed by atoms with Crippen LogP contribution in [0.4, 0.5) is 0 Å². The number of furan rings is 1. The molecular weight excluding hydrogens is 236 g/mol. The Hall–Kier alpha value is -1.02. The van der Waals surface area contributed by atoms with E-state index in [1.807, 2.05) is 6.07 Å². The Morgan fingerprint density at radius 2 is 1.79 bits per heavy atom. The van der Waals surface area contributed by atoms with Crippen LogP contribution in [0.2, 0.25) is 0 Å². The Morgan fingerprint density at radius 3 is 2.42 bits per heavy atom. The zero-order chi connectivity index (χ0) is 13.1. The molecule has 0 unspecified atom stereocenters. The SMILES string of the molecule is OC1CCC2(CC1)CCC(/C=C\c1ccoc1)CC2. The van der Waals surface area contributed by atoms with Gasteiger partial charge in [0.2, 0.25) is 0 Å².